The first kappa shape index (κ1) is 30.6. The van der Waals surface area contributed by atoms with Gasteiger partial charge in [0.25, 0.3) is 5.91 Å². The molecule has 5 rings (SSSR count). The van der Waals surface area contributed by atoms with Crippen LogP contribution < -0.4 is 29.2 Å². The highest BCUT2D eigenvalue weighted by molar-refractivity contribution is 6.30. The number of carbonyl (C=O) groups excluding carboxylic acids is 2. The number of hydrogen-bond acceptors (Lipinski definition) is 9. The summed E-state index contributed by atoms with van der Waals surface area (Å²) in [5.41, 5.74) is 1.01. The minimum absolute atomic E-state index is 0.282. The van der Waals surface area contributed by atoms with Gasteiger partial charge in [-0.15, -0.1) is 10.2 Å². The third-order valence-electron chi connectivity index (χ3n) is 6.63. The molecule has 13 heteroatoms. The van der Waals surface area contributed by atoms with Gasteiger partial charge in [-0.2, -0.15) is 4.80 Å². The molecule has 0 aliphatic carbocycles. The molecule has 1 aromatic heterocycles. The van der Waals surface area contributed by atoms with Gasteiger partial charge in [-0.25, -0.2) is 0 Å². The van der Waals surface area contributed by atoms with E-state index >= 15 is 0 Å². The van der Waals surface area contributed by atoms with E-state index in [1.54, 1.807) is 67.8 Å². The number of nitrogens with zero attached hydrogens (tertiary/aromatic N) is 5. The number of tetrazole rings is 1. The van der Waals surface area contributed by atoms with E-state index in [-0.39, 0.29) is 18.3 Å². The Hall–Kier alpha value is -4.84. The van der Waals surface area contributed by atoms with E-state index in [2.05, 4.69) is 20.7 Å². The Kier molecular flexibility index (Phi) is 8.91. The van der Waals surface area contributed by atoms with Gasteiger partial charge in [0.1, 0.15) is 25.8 Å². The lowest BCUT2D eigenvalue weighted by molar-refractivity contribution is -0.128. The Balaban J connectivity index is 1.54. The molecule has 0 radical (unpaired) electrons. The Morgan fingerprint density at radius 1 is 0.977 bits per heavy atom. The zero-order valence-corrected chi connectivity index (χ0v) is 25.8. The molecule has 1 atom stereocenters. The first-order chi connectivity index (χ1) is 21.1. The summed E-state index contributed by atoms with van der Waals surface area (Å²) in [6.07, 6.45) is 0. The smallest absolute Gasteiger partial charge is 0.251 e. The molecule has 4 aromatic rings. The van der Waals surface area contributed by atoms with Crippen molar-refractivity contribution in [1.29, 1.82) is 0 Å². The standard InChI is InChI=1S/C31H33ClN6O6/c1-31(2,3)33-30(40)28(19-6-9-21(32)10-7-19)38(22-11-13-24-26(17-22)44-15-14-43-24)27(39)18-37-35-29(34-36-37)20-8-12-23(41-4)25(16-20)42-5/h6-13,16-17,28H,14-15,18H2,1-5H3,(H,33,40)/t28-/m1/s1. The molecular formula is C31H33ClN6O6. The minimum Gasteiger partial charge on any atom is -0.493 e. The topological polar surface area (TPSA) is 130 Å². The number of aromatic nitrogens is 4. The zero-order valence-electron chi connectivity index (χ0n) is 25.0. The molecule has 0 bridgehead atoms. The molecule has 0 fully saturated rings. The van der Waals surface area contributed by atoms with E-state index in [0.717, 1.165) is 0 Å². The van der Waals surface area contributed by atoms with Gasteiger partial charge in [-0.1, -0.05) is 23.7 Å². The Morgan fingerprint density at radius 2 is 1.68 bits per heavy atom. The predicted molar refractivity (Wildman–Crippen MR) is 163 cm³/mol. The minimum atomic E-state index is -1.07. The summed E-state index contributed by atoms with van der Waals surface area (Å²) in [6.45, 7) is 6.06. The summed E-state index contributed by atoms with van der Waals surface area (Å²) in [4.78, 5) is 30.8. The highest BCUT2D eigenvalue weighted by Gasteiger charge is 2.35. The number of hydrogen-bond donors (Lipinski definition) is 1. The number of amides is 2. The second kappa shape index (κ2) is 12.8. The molecule has 1 aliphatic heterocycles. The molecule has 2 heterocycles. The summed E-state index contributed by atoms with van der Waals surface area (Å²) >= 11 is 6.18. The van der Waals surface area contributed by atoms with Gasteiger partial charge in [0.2, 0.25) is 11.7 Å². The van der Waals surface area contributed by atoms with Gasteiger partial charge < -0.3 is 24.3 Å². The van der Waals surface area contributed by atoms with Gasteiger partial charge >= 0.3 is 0 Å². The molecule has 3 aromatic carbocycles. The third kappa shape index (κ3) is 6.86. The molecule has 12 nitrogen and oxygen atoms in total. The average molecular weight is 621 g/mol. The first-order valence-electron chi connectivity index (χ1n) is 13.9. The zero-order chi connectivity index (χ0) is 31.4. The number of anilines is 1. The summed E-state index contributed by atoms with van der Waals surface area (Å²) < 4.78 is 22.2. The maximum absolute atomic E-state index is 14.2. The van der Waals surface area contributed by atoms with Crippen LogP contribution in [0.3, 0.4) is 0 Å². The van der Waals surface area contributed by atoms with Crippen LogP contribution in [0.15, 0.2) is 60.7 Å². The van der Waals surface area contributed by atoms with Gasteiger partial charge in [0.05, 0.1) is 14.2 Å². The molecule has 0 saturated carbocycles. The number of halogens is 1. The van der Waals surface area contributed by atoms with Crippen molar-refractivity contribution in [3.8, 4) is 34.4 Å². The van der Waals surface area contributed by atoms with Crippen molar-refractivity contribution < 1.29 is 28.5 Å². The predicted octanol–water partition coefficient (Wildman–Crippen LogP) is 4.47. The maximum Gasteiger partial charge on any atom is 0.251 e. The van der Waals surface area contributed by atoms with Crippen molar-refractivity contribution >= 4 is 29.1 Å². The van der Waals surface area contributed by atoms with Gasteiger partial charge in [0.15, 0.2) is 23.0 Å². The van der Waals surface area contributed by atoms with E-state index < -0.39 is 17.5 Å². The van der Waals surface area contributed by atoms with Crippen molar-refractivity contribution in [2.75, 3.05) is 32.3 Å². The van der Waals surface area contributed by atoms with Gasteiger partial charge in [0, 0.05) is 27.9 Å². The third-order valence-corrected chi connectivity index (χ3v) is 6.89. The van der Waals surface area contributed by atoms with Crippen LogP contribution in [0.25, 0.3) is 11.4 Å². The molecule has 0 saturated heterocycles. The molecular weight excluding hydrogens is 588 g/mol. The highest BCUT2D eigenvalue weighted by Crippen LogP contribution is 2.38. The lowest BCUT2D eigenvalue weighted by atomic mass is 10.0. The number of rotatable bonds is 9. The van der Waals surface area contributed by atoms with E-state index in [9.17, 15) is 9.59 Å². The van der Waals surface area contributed by atoms with Gasteiger partial charge in [-0.05, 0) is 74.0 Å². The van der Waals surface area contributed by atoms with Crippen LogP contribution in [0.2, 0.25) is 5.02 Å². The normalized spacial score (nSPS) is 13.1. The summed E-state index contributed by atoms with van der Waals surface area (Å²) in [7, 11) is 3.08. The summed E-state index contributed by atoms with van der Waals surface area (Å²) in [5, 5.41) is 16.2. The van der Waals surface area contributed by atoms with Crippen LogP contribution in [-0.4, -0.2) is 65.0 Å². The quantitative estimate of drug-likeness (QED) is 0.288. The maximum atomic E-state index is 14.2. The molecule has 0 unspecified atom stereocenters. The van der Waals surface area contributed by atoms with E-state index in [1.165, 1.54) is 16.8 Å². The van der Waals surface area contributed by atoms with Crippen LogP contribution in [0.4, 0.5) is 5.69 Å². The fourth-order valence-corrected chi connectivity index (χ4v) is 4.84. The van der Waals surface area contributed by atoms with Crippen molar-refractivity contribution in [3.05, 3.63) is 71.2 Å². The van der Waals surface area contributed by atoms with Crippen LogP contribution in [0, 0.1) is 0 Å². The average Bonchev–Trinajstić information content (AvgIpc) is 3.47. The number of nitrogens with one attached hydrogen (secondary N) is 1. The van der Waals surface area contributed by atoms with Gasteiger partial charge in [-0.3, -0.25) is 14.5 Å². The Morgan fingerprint density at radius 3 is 2.36 bits per heavy atom. The SMILES string of the molecule is COc1ccc(-c2nnn(CC(=O)N(c3ccc4c(c3)OCCO4)[C@@H](C(=O)NC(C)(C)C)c3ccc(Cl)cc3)n2)cc1OC. The summed E-state index contributed by atoms with van der Waals surface area (Å²) in [6, 6.07) is 16.0. The van der Waals surface area contributed by atoms with Crippen LogP contribution in [0.1, 0.15) is 32.4 Å². The number of ether oxygens (including phenoxy) is 4. The number of carbonyl (C=O) groups is 2. The lowest BCUT2D eigenvalue weighted by Gasteiger charge is -2.34. The van der Waals surface area contributed by atoms with Crippen molar-refractivity contribution in [3.63, 3.8) is 0 Å². The molecule has 44 heavy (non-hydrogen) atoms. The molecule has 230 valence electrons. The van der Waals surface area contributed by atoms with Crippen LogP contribution >= 0.6 is 11.6 Å². The fraction of sp³-hybridized carbons (Fsp3) is 0.323. The van der Waals surface area contributed by atoms with E-state index in [1.807, 2.05) is 20.8 Å². The van der Waals surface area contributed by atoms with E-state index in [4.69, 9.17) is 30.5 Å². The van der Waals surface area contributed by atoms with Crippen LogP contribution in [0.5, 0.6) is 23.0 Å². The largest absolute Gasteiger partial charge is 0.493 e. The Labute approximate surface area is 259 Å². The van der Waals surface area contributed by atoms with E-state index in [0.29, 0.717) is 58.0 Å². The number of fused-ring (bicyclic) bond motifs is 1. The first-order valence-corrected chi connectivity index (χ1v) is 14.2. The number of benzene rings is 3. The Bertz CT molecular complexity index is 1650. The van der Waals surface area contributed by atoms with Crippen molar-refractivity contribution in [2.24, 2.45) is 0 Å². The van der Waals surface area contributed by atoms with Crippen molar-refractivity contribution in [2.45, 2.75) is 38.9 Å². The lowest BCUT2D eigenvalue weighted by Crippen LogP contribution is -2.50. The molecule has 1 N–H and O–H groups in total. The molecule has 2 amide bonds. The second-order valence-electron chi connectivity index (χ2n) is 11.0. The number of methoxy groups -OCH3 is 2. The highest BCUT2D eigenvalue weighted by atomic mass is 35.5. The van der Waals surface area contributed by atoms with Crippen molar-refractivity contribution in [1.82, 2.24) is 25.5 Å². The molecule has 1 aliphatic rings. The second-order valence-corrected chi connectivity index (χ2v) is 11.4. The summed E-state index contributed by atoms with van der Waals surface area (Å²) in [5.74, 6) is 1.49. The fourth-order valence-electron chi connectivity index (χ4n) is 4.72. The monoisotopic (exact) mass is 620 g/mol. The van der Waals surface area contributed by atoms with Crippen LogP contribution in [-0.2, 0) is 16.1 Å². The molecule has 0 spiro atoms.